The highest BCUT2D eigenvalue weighted by atomic mass is 79.9. The topological polar surface area (TPSA) is 38.9 Å². The summed E-state index contributed by atoms with van der Waals surface area (Å²) in [6.07, 6.45) is 4.04. The van der Waals surface area contributed by atoms with Crippen LogP contribution in [0, 0.1) is 5.92 Å². The summed E-state index contributed by atoms with van der Waals surface area (Å²) >= 11 is 3.30. The lowest BCUT2D eigenvalue weighted by molar-refractivity contribution is 0.506. The predicted molar refractivity (Wildman–Crippen MR) is 70.2 cm³/mol. The van der Waals surface area contributed by atoms with Crippen molar-refractivity contribution in [1.29, 1.82) is 0 Å². The first kappa shape index (κ1) is 14.9. The Hall–Kier alpha value is -0.120. The van der Waals surface area contributed by atoms with Gasteiger partial charge in [-0.1, -0.05) is 19.9 Å². The number of pyridine rings is 1. The Kier molecular flexibility index (Phi) is 7.14. The summed E-state index contributed by atoms with van der Waals surface area (Å²) < 4.78 is 0.859. The highest BCUT2D eigenvalue weighted by molar-refractivity contribution is 9.10. The van der Waals surface area contributed by atoms with Crippen LogP contribution in [-0.2, 0) is 0 Å². The zero-order valence-electron chi connectivity index (χ0n) is 9.11. The molecule has 1 heterocycles. The quantitative estimate of drug-likeness (QED) is 0.860. The number of halogens is 2. The van der Waals surface area contributed by atoms with Crippen LogP contribution in [0.5, 0.6) is 0 Å². The lowest BCUT2D eigenvalue weighted by Crippen LogP contribution is -2.11. The Bertz CT molecular complexity index is 274. The third-order valence-electron chi connectivity index (χ3n) is 2.23. The maximum absolute atomic E-state index is 6.04. The molecule has 1 aromatic rings. The van der Waals surface area contributed by atoms with Gasteiger partial charge < -0.3 is 5.73 Å². The van der Waals surface area contributed by atoms with Crippen molar-refractivity contribution in [2.45, 2.75) is 32.7 Å². The minimum Gasteiger partial charge on any atom is -0.324 e. The molecule has 0 unspecified atom stereocenters. The Labute approximate surface area is 106 Å². The van der Waals surface area contributed by atoms with Crippen LogP contribution in [0.3, 0.4) is 0 Å². The number of nitrogens with zero attached hydrogens (tertiary/aromatic N) is 1. The van der Waals surface area contributed by atoms with Gasteiger partial charge in [-0.05, 0) is 46.3 Å². The predicted octanol–water partition coefficient (Wildman–Crippen LogP) is 3.70. The lowest BCUT2D eigenvalue weighted by atomic mass is 10.00. The average Bonchev–Trinajstić information content (AvgIpc) is 2.15. The summed E-state index contributed by atoms with van der Waals surface area (Å²) in [6, 6.07) is 4.09. The molecule has 4 heteroatoms. The summed E-state index contributed by atoms with van der Waals surface area (Å²) in [4.78, 5) is 4.16. The summed E-state index contributed by atoms with van der Waals surface area (Å²) in [5, 5.41) is 0. The van der Waals surface area contributed by atoms with Crippen LogP contribution in [0.15, 0.2) is 22.9 Å². The van der Waals surface area contributed by atoms with Crippen LogP contribution in [0.1, 0.15) is 38.3 Å². The third kappa shape index (κ3) is 5.50. The minimum absolute atomic E-state index is 0. The van der Waals surface area contributed by atoms with E-state index in [1.807, 2.05) is 18.3 Å². The van der Waals surface area contributed by atoms with Crippen molar-refractivity contribution >= 4 is 28.3 Å². The molecule has 1 aromatic heterocycles. The number of hydrogen-bond donors (Lipinski definition) is 1. The normalized spacial score (nSPS) is 12.3. The van der Waals surface area contributed by atoms with Crippen LogP contribution >= 0.6 is 28.3 Å². The Morgan fingerprint density at radius 3 is 2.47 bits per heavy atom. The van der Waals surface area contributed by atoms with Gasteiger partial charge in [0.05, 0.1) is 0 Å². The second-order valence-electron chi connectivity index (χ2n) is 3.99. The largest absolute Gasteiger partial charge is 0.324 e. The molecule has 0 aromatic carbocycles. The van der Waals surface area contributed by atoms with E-state index in [0.717, 1.165) is 23.0 Å². The molecule has 15 heavy (non-hydrogen) atoms. The average molecular weight is 294 g/mol. The molecule has 0 radical (unpaired) electrons. The summed E-state index contributed by atoms with van der Waals surface area (Å²) in [6.45, 7) is 4.43. The van der Waals surface area contributed by atoms with E-state index in [2.05, 4.69) is 34.8 Å². The number of nitrogens with two attached hydrogens (primary N) is 1. The Morgan fingerprint density at radius 1 is 1.33 bits per heavy atom. The van der Waals surface area contributed by atoms with Gasteiger partial charge in [-0.2, -0.15) is 0 Å². The fourth-order valence-corrected chi connectivity index (χ4v) is 1.52. The van der Waals surface area contributed by atoms with Crippen molar-refractivity contribution in [3.63, 3.8) is 0 Å². The van der Waals surface area contributed by atoms with Crippen molar-refractivity contribution in [1.82, 2.24) is 4.98 Å². The highest BCUT2D eigenvalue weighted by Crippen LogP contribution is 2.18. The summed E-state index contributed by atoms with van der Waals surface area (Å²) in [7, 11) is 0. The second-order valence-corrected chi connectivity index (χ2v) is 4.80. The molecule has 0 aliphatic rings. The first-order valence-electron chi connectivity index (χ1n) is 4.96. The molecule has 0 aliphatic carbocycles. The molecule has 2 N–H and O–H groups in total. The van der Waals surface area contributed by atoms with Gasteiger partial charge in [0, 0.05) is 12.2 Å². The monoisotopic (exact) mass is 292 g/mol. The van der Waals surface area contributed by atoms with E-state index in [1.165, 1.54) is 0 Å². The van der Waals surface area contributed by atoms with Crippen LogP contribution in [0.25, 0.3) is 0 Å². The second kappa shape index (κ2) is 7.20. The van der Waals surface area contributed by atoms with Crippen molar-refractivity contribution in [2.75, 3.05) is 0 Å². The molecule has 0 saturated heterocycles. The number of aromatic nitrogens is 1. The fraction of sp³-hybridized carbons (Fsp3) is 0.545. The van der Waals surface area contributed by atoms with Crippen molar-refractivity contribution in [3.8, 4) is 0 Å². The molecule has 1 atom stereocenters. The van der Waals surface area contributed by atoms with E-state index in [0.29, 0.717) is 5.92 Å². The maximum atomic E-state index is 6.04. The number of hydrogen-bond acceptors (Lipinski definition) is 2. The highest BCUT2D eigenvalue weighted by Gasteiger charge is 2.06. The van der Waals surface area contributed by atoms with Crippen LogP contribution in [-0.4, -0.2) is 4.98 Å². The minimum atomic E-state index is 0. The fourth-order valence-electron chi connectivity index (χ4n) is 1.29. The number of rotatable bonds is 4. The molecule has 0 bridgehead atoms. The van der Waals surface area contributed by atoms with Crippen molar-refractivity contribution in [3.05, 3.63) is 28.5 Å². The van der Waals surface area contributed by atoms with E-state index in [1.54, 1.807) is 0 Å². The van der Waals surface area contributed by atoms with Gasteiger partial charge >= 0.3 is 0 Å². The van der Waals surface area contributed by atoms with Crippen molar-refractivity contribution < 1.29 is 0 Å². The van der Waals surface area contributed by atoms with E-state index in [9.17, 15) is 0 Å². The third-order valence-corrected chi connectivity index (χ3v) is 2.70. The Morgan fingerprint density at radius 2 is 2.00 bits per heavy atom. The molecule has 0 spiro atoms. The summed E-state index contributed by atoms with van der Waals surface area (Å²) in [5.41, 5.74) is 7.16. The zero-order chi connectivity index (χ0) is 10.6. The van der Waals surface area contributed by atoms with Crippen LogP contribution in [0.2, 0.25) is 0 Å². The van der Waals surface area contributed by atoms with Gasteiger partial charge in [0.15, 0.2) is 0 Å². The van der Waals surface area contributed by atoms with Gasteiger partial charge in [-0.15, -0.1) is 12.4 Å². The molecular formula is C11H18BrClN2. The van der Waals surface area contributed by atoms with E-state index in [4.69, 9.17) is 5.73 Å². The van der Waals surface area contributed by atoms with Gasteiger partial charge in [0.1, 0.15) is 4.60 Å². The van der Waals surface area contributed by atoms with Gasteiger partial charge in [-0.25, -0.2) is 4.98 Å². The molecule has 2 nitrogen and oxygen atoms in total. The van der Waals surface area contributed by atoms with E-state index >= 15 is 0 Å². The molecule has 1 rings (SSSR count). The summed E-state index contributed by atoms with van der Waals surface area (Å²) in [5.74, 6) is 0.712. The standard InChI is InChI=1S/C11H17BrN2.ClH/c1-8(2)3-5-10(13)9-4-6-11(12)14-7-9;/h4,6-8,10H,3,5,13H2,1-2H3;1H/t10-;/m1./s1. The molecule has 0 fully saturated rings. The van der Waals surface area contributed by atoms with Gasteiger partial charge in [0.25, 0.3) is 0 Å². The SMILES string of the molecule is CC(C)CC[C@@H](N)c1ccc(Br)nc1.Cl. The Balaban J connectivity index is 0.00000196. The first-order chi connectivity index (χ1) is 6.59. The zero-order valence-corrected chi connectivity index (χ0v) is 11.5. The van der Waals surface area contributed by atoms with Gasteiger partial charge in [0.2, 0.25) is 0 Å². The van der Waals surface area contributed by atoms with Crippen LogP contribution in [0.4, 0.5) is 0 Å². The van der Waals surface area contributed by atoms with E-state index < -0.39 is 0 Å². The smallest absolute Gasteiger partial charge is 0.106 e. The molecular weight excluding hydrogens is 275 g/mol. The van der Waals surface area contributed by atoms with Gasteiger partial charge in [-0.3, -0.25) is 0 Å². The van der Waals surface area contributed by atoms with Crippen molar-refractivity contribution in [2.24, 2.45) is 11.7 Å². The lowest BCUT2D eigenvalue weighted by Gasteiger charge is -2.12. The van der Waals surface area contributed by atoms with Crippen LogP contribution < -0.4 is 5.73 Å². The van der Waals surface area contributed by atoms with E-state index in [-0.39, 0.29) is 18.4 Å². The molecule has 86 valence electrons. The molecule has 0 aliphatic heterocycles. The maximum Gasteiger partial charge on any atom is 0.106 e. The molecule has 0 saturated carbocycles. The molecule has 0 amide bonds. The first-order valence-corrected chi connectivity index (χ1v) is 5.76.